The molecule has 0 aromatic rings. The van der Waals surface area contributed by atoms with Gasteiger partial charge in [-0.05, 0) is 25.4 Å². The Balaban J connectivity index is 3.54. The molecule has 4 nitrogen and oxygen atoms in total. The lowest BCUT2D eigenvalue weighted by molar-refractivity contribution is -0.0543. The van der Waals surface area contributed by atoms with Crippen LogP contribution in [0.5, 0.6) is 0 Å². The van der Waals surface area contributed by atoms with E-state index in [1.165, 1.54) is 0 Å². The fraction of sp³-hybridized carbons (Fsp3) is 1.00. The van der Waals surface area contributed by atoms with Gasteiger partial charge in [0.25, 0.3) is 0 Å². The van der Waals surface area contributed by atoms with Gasteiger partial charge in [0.1, 0.15) is 6.61 Å². The number of hydroxylamine groups is 2. The van der Waals surface area contributed by atoms with Crippen molar-refractivity contribution in [3.63, 3.8) is 0 Å². The van der Waals surface area contributed by atoms with Crippen LogP contribution in [0.3, 0.4) is 0 Å². The largest absolute Gasteiger partial charge is 0.716 e. The van der Waals surface area contributed by atoms with Gasteiger partial charge in [0.05, 0.1) is 0 Å². The zero-order valence-corrected chi connectivity index (χ0v) is 8.13. The molecule has 1 atom stereocenters. The highest BCUT2D eigenvalue weighted by Gasteiger charge is 2.23. The third kappa shape index (κ3) is 5.27. The summed E-state index contributed by atoms with van der Waals surface area (Å²) in [4.78, 5) is 0. The molecule has 0 fully saturated rings. The molecule has 11 heavy (non-hydrogen) atoms. The van der Waals surface area contributed by atoms with E-state index in [9.17, 15) is 4.57 Å². The first-order valence-electron chi connectivity index (χ1n) is 3.77. The zero-order chi connectivity index (χ0) is 8.69. The first-order valence-corrected chi connectivity index (χ1v) is 4.87. The maximum Gasteiger partial charge on any atom is 0.716 e. The minimum absolute atomic E-state index is 0.413. The van der Waals surface area contributed by atoms with Crippen molar-refractivity contribution >= 4 is 8.25 Å². The summed E-state index contributed by atoms with van der Waals surface area (Å²) in [6, 6.07) is 0. The summed E-state index contributed by atoms with van der Waals surface area (Å²) >= 11 is 0. The Kier molecular flexibility index (Phi) is 6.66. The SMILES string of the molecule is CCO[P+](=O)ON(CC)CC. The second-order valence-corrected chi connectivity index (χ2v) is 2.71. The standard InChI is InChI=1S/C6H15NO3P/c1-4-7(5-2)10-11(8)9-6-3/h4-6H2,1-3H3/q+1. The lowest BCUT2D eigenvalue weighted by Crippen LogP contribution is -2.20. The van der Waals surface area contributed by atoms with Gasteiger partial charge < -0.3 is 0 Å². The van der Waals surface area contributed by atoms with E-state index < -0.39 is 8.25 Å². The van der Waals surface area contributed by atoms with Gasteiger partial charge in [0.2, 0.25) is 0 Å². The fourth-order valence-electron chi connectivity index (χ4n) is 0.562. The number of hydrogen-bond donors (Lipinski definition) is 0. The summed E-state index contributed by atoms with van der Waals surface area (Å²) in [5.41, 5.74) is 0. The minimum atomic E-state index is -1.96. The summed E-state index contributed by atoms with van der Waals surface area (Å²) in [6.07, 6.45) is 0. The van der Waals surface area contributed by atoms with E-state index in [0.717, 1.165) is 0 Å². The Morgan fingerprint density at radius 3 is 2.18 bits per heavy atom. The fourth-order valence-corrected chi connectivity index (χ4v) is 1.24. The van der Waals surface area contributed by atoms with Crippen LogP contribution in [0.4, 0.5) is 0 Å². The van der Waals surface area contributed by atoms with Crippen LogP contribution in [0.15, 0.2) is 0 Å². The van der Waals surface area contributed by atoms with Gasteiger partial charge in [-0.1, -0.05) is 0 Å². The topological polar surface area (TPSA) is 38.8 Å². The molecule has 0 amide bonds. The van der Waals surface area contributed by atoms with Gasteiger partial charge in [-0.25, -0.2) is 0 Å². The Morgan fingerprint density at radius 2 is 1.82 bits per heavy atom. The van der Waals surface area contributed by atoms with Crippen molar-refractivity contribution in [3.05, 3.63) is 0 Å². The normalized spacial score (nSPS) is 12.2. The molecule has 0 aliphatic carbocycles. The second kappa shape index (κ2) is 6.68. The van der Waals surface area contributed by atoms with Gasteiger partial charge in [-0.15, -0.1) is 9.59 Å². The number of hydrogen-bond acceptors (Lipinski definition) is 4. The van der Waals surface area contributed by atoms with Crippen LogP contribution >= 0.6 is 8.25 Å². The molecular formula is C6H15NO3P+. The predicted molar refractivity (Wildman–Crippen MR) is 43.2 cm³/mol. The minimum Gasteiger partial charge on any atom is -0.137 e. The Bertz CT molecular complexity index is 116. The van der Waals surface area contributed by atoms with Gasteiger partial charge in [0, 0.05) is 17.7 Å². The summed E-state index contributed by atoms with van der Waals surface area (Å²) in [5.74, 6) is 0. The average Bonchev–Trinajstić information content (AvgIpc) is 2.01. The summed E-state index contributed by atoms with van der Waals surface area (Å²) in [5, 5.41) is 1.59. The van der Waals surface area contributed by atoms with Crippen molar-refractivity contribution in [3.8, 4) is 0 Å². The number of nitrogens with zero attached hydrogens (tertiary/aromatic N) is 1. The van der Waals surface area contributed by atoms with E-state index in [-0.39, 0.29) is 0 Å². The molecule has 5 heteroatoms. The quantitative estimate of drug-likeness (QED) is 0.462. The van der Waals surface area contributed by atoms with Gasteiger partial charge in [-0.3, -0.25) is 0 Å². The Morgan fingerprint density at radius 1 is 1.27 bits per heavy atom. The van der Waals surface area contributed by atoms with E-state index in [1.54, 1.807) is 12.0 Å². The van der Waals surface area contributed by atoms with Crippen LogP contribution in [0.2, 0.25) is 0 Å². The van der Waals surface area contributed by atoms with E-state index >= 15 is 0 Å². The van der Waals surface area contributed by atoms with Gasteiger partial charge in [0.15, 0.2) is 0 Å². The highest BCUT2D eigenvalue weighted by atomic mass is 31.1. The van der Waals surface area contributed by atoms with E-state index in [0.29, 0.717) is 19.7 Å². The zero-order valence-electron chi connectivity index (χ0n) is 7.24. The second-order valence-electron chi connectivity index (χ2n) is 1.84. The maximum absolute atomic E-state index is 10.8. The molecule has 0 aliphatic rings. The van der Waals surface area contributed by atoms with Crippen molar-refractivity contribution < 1.29 is 13.7 Å². The molecular weight excluding hydrogens is 165 g/mol. The van der Waals surface area contributed by atoms with Crippen LogP contribution in [-0.4, -0.2) is 24.8 Å². The molecule has 0 N–H and O–H groups in total. The van der Waals surface area contributed by atoms with Crippen molar-refractivity contribution in [2.24, 2.45) is 0 Å². The Labute approximate surface area is 68.4 Å². The molecule has 0 saturated carbocycles. The Hall–Kier alpha value is -0.0200. The predicted octanol–water partition coefficient (Wildman–Crippen LogP) is 1.95. The van der Waals surface area contributed by atoms with Crippen LogP contribution < -0.4 is 0 Å². The van der Waals surface area contributed by atoms with E-state index in [4.69, 9.17) is 9.15 Å². The van der Waals surface area contributed by atoms with Crippen molar-refractivity contribution in [2.45, 2.75) is 20.8 Å². The molecule has 0 radical (unpaired) electrons. The smallest absolute Gasteiger partial charge is 0.137 e. The summed E-state index contributed by atoms with van der Waals surface area (Å²) in [7, 11) is -1.96. The van der Waals surface area contributed by atoms with Crippen LogP contribution in [0.25, 0.3) is 0 Å². The summed E-state index contributed by atoms with van der Waals surface area (Å²) < 4.78 is 20.5. The third-order valence-electron chi connectivity index (χ3n) is 1.12. The molecule has 0 aliphatic heterocycles. The molecule has 0 saturated heterocycles. The van der Waals surface area contributed by atoms with Crippen molar-refractivity contribution in [1.82, 2.24) is 5.06 Å². The van der Waals surface area contributed by atoms with E-state index in [1.807, 2.05) is 13.8 Å². The number of rotatable bonds is 6. The monoisotopic (exact) mass is 180 g/mol. The van der Waals surface area contributed by atoms with E-state index in [2.05, 4.69) is 0 Å². The maximum atomic E-state index is 10.8. The van der Waals surface area contributed by atoms with Gasteiger partial charge >= 0.3 is 8.25 Å². The summed E-state index contributed by atoms with van der Waals surface area (Å²) in [6.45, 7) is 7.47. The molecule has 0 aromatic carbocycles. The average molecular weight is 180 g/mol. The molecule has 1 unspecified atom stereocenters. The van der Waals surface area contributed by atoms with Crippen LogP contribution in [0.1, 0.15) is 20.8 Å². The molecule has 0 heterocycles. The highest BCUT2D eigenvalue weighted by Crippen LogP contribution is 2.24. The van der Waals surface area contributed by atoms with Crippen LogP contribution in [0, 0.1) is 0 Å². The molecule has 0 bridgehead atoms. The highest BCUT2D eigenvalue weighted by molar-refractivity contribution is 7.33. The van der Waals surface area contributed by atoms with Crippen molar-refractivity contribution in [2.75, 3.05) is 19.7 Å². The first-order chi connectivity index (χ1) is 5.24. The van der Waals surface area contributed by atoms with Gasteiger partial charge in [-0.2, -0.15) is 0 Å². The van der Waals surface area contributed by atoms with Crippen LogP contribution in [-0.2, 0) is 13.7 Å². The molecule has 0 rings (SSSR count). The lowest BCUT2D eigenvalue weighted by Gasteiger charge is -2.06. The molecule has 0 aromatic heterocycles. The third-order valence-corrected chi connectivity index (χ3v) is 1.96. The molecule has 66 valence electrons. The van der Waals surface area contributed by atoms with Crippen molar-refractivity contribution in [1.29, 1.82) is 0 Å². The molecule has 0 spiro atoms. The lowest BCUT2D eigenvalue weighted by atomic mass is 10.6. The first kappa shape index (κ1) is 11.0.